The lowest BCUT2D eigenvalue weighted by Crippen LogP contribution is -2.65. The van der Waals surface area contributed by atoms with Gasteiger partial charge in [0.1, 0.15) is 5.41 Å². The van der Waals surface area contributed by atoms with Crippen molar-refractivity contribution >= 4 is 23.8 Å². The van der Waals surface area contributed by atoms with Gasteiger partial charge >= 0.3 is 6.03 Å². The normalized spacial score (nSPS) is 22.5. The molecule has 2 saturated heterocycles. The summed E-state index contributed by atoms with van der Waals surface area (Å²) in [6, 6.07) is -0.797. The summed E-state index contributed by atoms with van der Waals surface area (Å²) in [5, 5.41) is 4.25. The van der Waals surface area contributed by atoms with E-state index in [4.69, 9.17) is 0 Å². The van der Waals surface area contributed by atoms with E-state index >= 15 is 0 Å². The van der Waals surface area contributed by atoms with E-state index in [-0.39, 0.29) is 12.5 Å². The first kappa shape index (κ1) is 13.5. The Hall–Kier alpha value is -1.92. The molecule has 19 heavy (non-hydrogen) atoms. The second kappa shape index (κ2) is 4.99. The van der Waals surface area contributed by atoms with Gasteiger partial charge in [-0.25, -0.2) is 4.79 Å². The Balaban J connectivity index is 2.25. The molecule has 2 rings (SSSR count). The molecule has 104 valence electrons. The number of rotatable bonds is 4. The molecule has 7 nitrogen and oxygen atoms in total. The van der Waals surface area contributed by atoms with E-state index in [0.29, 0.717) is 25.8 Å². The van der Waals surface area contributed by atoms with Crippen molar-refractivity contribution in [3.8, 4) is 0 Å². The van der Waals surface area contributed by atoms with Gasteiger partial charge in [0.25, 0.3) is 0 Å². The second-order valence-corrected chi connectivity index (χ2v) is 4.99. The van der Waals surface area contributed by atoms with E-state index in [1.54, 1.807) is 0 Å². The molecule has 2 N–H and O–H groups in total. The highest BCUT2D eigenvalue weighted by atomic mass is 16.2. The number of nitrogens with one attached hydrogen (secondary N) is 2. The number of barbiturate groups is 1. The van der Waals surface area contributed by atoms with Gasteiger partial charge < -0.3 is 4.90 Å². The summed E-state index contributed by atoms with van der Waals surface area (Å²) in [6.45, 7) is 2.45. The topological polar surface area (TPSA) is 95.6 Å². The van der Waals surface area contributed by atoms with Gasteiger partial charge in [-0.05, 0) is 12.8 Å². The minimum atomic E-state index is -1.34. The molecule has 0 radical (unpaired) electrons. The smallest absolute Gasteiger partial charge is 0.328 e. The number of likely N-dealkylation sites (tertiary alicyclic amines) is 1. The summed E-state index contributed by atoms with van der Waals surface area (Å²) in [7, 11) is 0. The lowest BCUT2D eigenvalue weighted by Gasteiger charge is -2.36. The van der Waals surface area contributed by atoms with Gasteiger partial charge in [-0.3, -0.25) is 25.0 Å². The maximum absolute atomic E-state index is 12.1. The third-order valence-corrected chi connectivity index (χ3v) is 3.63. The van der Waals surface area contributed by atoms with E-state index in [9.17, 15) is 19.2 Å². The first-order chi connectivity index (χ1) is 8.99. The summed E-state index contributed by atoms with van der Waals surface area (Å²) in [5.74, 6) is -1.27. The SMILES string of the molecule is CCCC1(CN2CCCC2=O)C(=O)NC(=O)NC1=O. The highest BCUT2D eigenvalue weighted by Gasteiger charge is 2.51. The lowest BCUT2D eigenvalue weighted by atomic mass is 9.79. The zero-order chi connectivity index (χ0) is 14.0. The molecule has 2 heterocycles. The Morgan fingerprint density at radius 2 is 1.79 bits per heavy atom. The summed E-state index contributed by atoms with van der Waals surface area (Å²) in [5.41, 5.74) is -1.34. The molecule has 0 saturated carbocycles. The molecule has 0 aromatic carbocycles. The fraction of sp³-hybridized carbons (Fsp3) is 0.667. The summed E-state index contributed by atoms with van der Waals surface area (Å²) < 4.78 is 0. The van der Waals surface area contributed by atoms with Crippen LogP contribution in [-0.2, 0) is 14.4 Å². The Kier molecular flexibility index (Phi) is 3.55. The molecule has 0 aromatic rings. The summed E-state index contributed by atoms with van der Waals surface area (Å²) in [6.07, 6.45) is 2.10. The minimum Gasteiger partial charge on any atom is -0.341 e. The highest BCUT2D eigenvalue weighted by Crippen LogP contribution is 2.30. The molecule has 0 bridgehead atoms. The van der Waals surface area contributed by atoms with Crippen molar-refractivity contribution < 1.29 is 19.2 Å². The largest absolute Gasteiger partial charge is 0.341 e. The fourth-order valence-corrected chi connectivity index (χ4v) is 2.65. The molecule has 0 aliphatic carbocycles. The van der Waals surface area contributed by atoms with Crippen molar-refractivity contribution in [2.45, 2.75) is 32.6 Å². The average molecular weight is 267 g/mol. The molecule has 7 heteroatoms. The molecular weight excluding hydrogens is 250 g/mol. The molecule has 5 amide bonds. The van der Waals surface area contributed by atoms with Crippen molar-refractivity contribution in [2.75, 3.05) is 13.1 Å². The Morgan fingerprint density at radius 3 is 2.26 bits per heavy atom. The second-order valence-electron chi connectivity index (χ2n) is 4.99. The first-order valence-corrected chi connectivity index (χ1v) is 6.44. The predicted octanol–water partition coefficient (Wildman–Crippen LogP) is -0.239. The Labute approximate surface area is 110 Å². The van der Waals surface area contributed by atoms with Gasteiger partial charge in [0.15, 0.2) is 0 Å². The number of carbonyl (C=O) groups excluding carboxylic acids is 4. The van der Waals surface area contributed by atoms with Crippen molar-refractivity contribution in [3.63, 3.8) is 0 Å². The van der Waals surface area contributed by atoms with Crippen LogP contribution in [0.25, 0.3) is 0 Å². The van der Waals surface area contributed by atoms with Crippen LogP contribution in [0.15, 0.2) is 0 Å². The quantitative estimate of drug-likeness (QED) is 0.687. The standard InChI is InChI=1S/C12H17N3O4/c1-2-5-12(7-15-6-3-4-8(15)16)9(17)13-11(19)14-10(12)18/h2-7H2,1H3,(H2,13,14,17,18,19). The molecule has 2 aliphatic rings. The van der Waals surface area contributed by atoms with Gasteiger partial charge in [-0.2, -0.15) is 0 Å². The zero-order valence-corrected chi connectivity index (χ0v) is 10.8. The van der Waals surface area contributed by atoms with Crippen molar-refractivity contribution in [1.29, 1.82) is 0 Å². The van der Waals surface area contributed by atoms with Gasteiger partial charge in [-0.1, -0.05) is 13.3 Å². The van der Waals surface area contributed by atoms with Crippen LogP contribution in [0.4, 0.5) is 4.79 Å². The number of amides is 5. The third-order valence-electron chi connectivity index (χ3n) is 3.63. The maximum Gasteiger partial charge on any atom is 0.328 e. The van der Waals surface area contributed by atoms with Crippen LogP contribution in [0.1, 0.15) is 32.6 Å². The zero-order valence-electron chi connectivity index (χ0n) is 10.8. The van der Waals surface area contributed by atoms with E-state index in [0.717, 1.165) is 6.42 Å². The monoisotopic (exact) mass is 267 g/mol. The highest BCUT2D eigenvalue weighted by molar-refractivity contribution is 6.19. The number of hydrogen-bond acceptors (Lipinski definition) is 4. The predicted molar refractivity (Wildman–Crippen MR) is 64.8 cm³/mol. The molecule has 0 spiro atoms. The van der Waals surface area contributed by atoms with Crippen molar-refractivity contribution in [1.82, 2.24) is 15.5 Å². The number of urea groups is 1. The molecule has 0 unspecified atom stereocenters. The summed E-state index contributed by atoms with van der Waals surface area (Å²) in [4.78, 5) is 48.5. The van der Waals surface area contributed by atoms with Crippen LogP contribution in [0, 0.1) is 5.41 Å². The molecule has 0 aromatic heterocycles. The molecule has 2 aliphatic heterocycles. The number of carbonyl (C=O) groups is 4. The van der Waals surface area contributed by atoms with Crippen molar-refractivity contribution in [3.05, 3.63) is 0 Å². The number of hydrogen-bond donors (Lipinski definition) is 2. The fourth-order valence-electron chi connectivity index (χ4n) is 2.65. The van der Waals surface area contributed by atoms with Crippen molar-refractivity contribution in [2.24, 2.45) is 5.41 Å². The van der Waals surface area contributed by atoms with E-state index in [2.05, 4.69) is 10.6 Å². The third kappa shape index (κ3) is 2.32. The van der Waals surface area contributed by atoms with Gasteiger partial charge in [0.2, 0.25) is 17.7 Å². The minimum absolute atomic E-state index is 0.0462. The van der Waals surface area contributed by atoms with Crippen LogP contribution < -0.4 is 10.6 Å². The maximum atomic E-state index is 12.1. The van der Waals surface area contributed by atoms with E-state index in [1.807, 2.05) is 6.92 Å². The number of imide groups is 2. The van der Waals surface area contributed by atoms with Gasteiger partial charge in [0.05, 0.1) is 0 Å². The van der Waals surface area contributed by atoms with Crippen LogP contribution in [0.3, 0.4) is 0 Å². The van der Waals surface area contributed by atoms with Gasteiger partial charge in [-0.15, -0.1) is 0 Å². The van der Waals surface area contributed by atoms with Crippen LogP contribution in [-0.4, -0.2) is 41.7 Å². The van der Waals surface area contributed by atoms with E-state index < -0.39 is 23.3 Å². The average Bonchev–Trinajstić information content (AvgIpc) is 2.72. The molecule has 2 fully saturated rings. The first-order valence-electron chi connectivity index (χ1n) is 6.44. The molecule has 0 atom stereocenters. The van der Waals surface area contributed by atoms with Gasteiger partial charge in [0, 0.05) is 19.5 Å². The lowest BCUT2D eigenvalue weighted by molar-refractivity contribution is -0.147. The Bertz CT molecular complexity index is 426. The van der Waals surface area contributed by atoms with Crippen LogP contribution in [0.2, 0.25) is 0 Å². The van der Waals surface area contributed by atoms with E-state index in [1.165, 1.54) is 4.90 Å². The molecular formula is C12H17N3O4. The Morgan fingerprint density at radius 1 is 1.16 bits per heavy atom. The van der Waals surface area contributed by atoms with Crippen LogP contribution >= 0.6 is 0 Å². The summed E-state index contributed by atoms with van der Waals surface area (Å²) >= 11 is 0. The van der Waals surface area contributed by atoms with Crippen LogP contribution in [0.5, 0.6) is 0 Å². The number of nitrogens with zero attached hydrogens (tertiary/aromatic N) is 1.